The molecule has 132 valence electrons. The van der Waals surface area contributed by atoms with Gasteiger partial charge in [-0.05, 0) is 48.9 Å². The normalized spacial score (nSPS) is 11.4. The lowest BCUT2D eigenvalue weighted by atomic mass is 10.1. The largest absolute Gasteiger partial charge is 0.427 e. The summed E-state index contributed by atoms with van der Waals surface area (Å²) in [6.07, 6.45) is 1.63. The molecule has 3 aromatic rings. The first kappa shape index (κ1) is 17.3. The van der Waals surface area contributed by atoms with Gasteiger partial charge in [-0.25, -0.2) is 10.4 Å². The molecule has 0 saturated carbocycles. The minimum atomic E-state index is -0.373. The molecule has 0 unspecified atom stereocenters. The fourth-order valence-corrected chi connectivity index (χ4v) is 2.47. The van der Waals surface area contributed by atoms with Gasteiger partial charge in [0.1, 0.15) is 12.3 Å². The number of benzene rings is 2. The molecular weight excluding hydrogens is 332 g/mol. The highest BCUT2D eigenvalue weighted by atomic mass is 16.5. The first-order valence-corrected chi connectivity index (χ1v) is 8.05. The van der Waals surface area contributed by atoms with Crippen molar-refractivity contribution in [2.45, 2.75) is 20.4 Å². The highest BCUT2D eigenvalue weighted by Gasteiger charge is 2.07. The fourth-order valence-electron chi connectivity index (χ4n) is 2.47. The zero-order chi connectivity index (χ0) is 18.5. The van der Waals surface area contributed by atoms with Crippen LogP contribution in [0.3, 0.4) is 0 Å². The lowest BCUT2D eigenvalue weighted by Crippen LogP contribution is -2.24. The van der Waals surface area contributed by atoms with Crippen molar-refractivity contribution < 1.29 is 14.3 Å². The van der Waals surface area contributed by atoms with Gasteiger partial charge in [-0.2, -0.15) is 5.10 Å². The van der Waals surface area contributed by atoms with Crippen molar-refractivity contribution in [3.63, 3.8) is 0 Å². The van der Waals surface area contributed by atoms with Crippen LogP contribution in [0.4, 0.5) is 0 Å². The molecule has 0 aliphatic heterocycles. The Labute approximate surface area is 150 Å². The minimum absolute atomic E-state index is 0.128. The predicted octanol–water partition coefficient (Wildman–Crippen LogP) is 2.50. The van der Waals surface area contributed by atoms with E-state index in [0.29, 0.717) is 11.5 Å². The van der Waals surface area contributed by atoms with E-state index in [1.54, 1.807) is 42.1 Å². The van der Waals surface area contributed by atoms with Crippen molar-refractivity contribution in [1.29, 1.82) is 0 Å². The van der Waals surface area contributed by atoms with Crippen LogP contribution >= 0.6 is 0 Å². The number of amides is 1. The Bertz CT molecular complexity index is 974. The van der Waals surface area contributed by atoms with E-state index < -0.39 is 0 Å². The molecule has 0 radical (unpaired) electrons. The smallest absolute Gasteiger partial charge is 0.308 e. The number of imidazole rings is 1. The molecule has 7 nitrogen and oxygen atoms in total. The third-order valence-corrected chi connectivity index (χ3v) is 3.72. The zero-order valence-electron chi connectivity index (χ0n) is 14.5. The SMILES string of the molecule is CC(=O)Oc1ccc(/C(C)=N/NC(=O)Cn2cnc3ccccc32)cc1. The Balaban J connectivity index is 1.63. The Morgan fingerprint density at radius 2 is 1.85 bits per heavy atom. The second kappa shape index (κ2) is 7.60. The Morgan fingerprint density at radius 1 is 1.12 bits per heavy atom. The topological polar surface area (TPSA) is 85.6 Å². The number of rotatable bonds is 5. The van der Waals surface area contributed by atoms with Crippen LogP contribution in [-0.4, -0.2) is 27.1 Å². The van der Waals surface area contributed by atoms with Gasteiger partial charge in [-0.3, -0.25) is 9.59 Å². The Hall–Kier alpha value is -3.48. The van der Waals surface area contributed by atoms with Gasteiger partial charge in [0.25, 0.3) is 5.91 Å². The van der Waals surface area contributed by atoms with E-state index in [1.165, 1.54) is 6.92 Å². The maximum absolute atomic E-state index is 12.1. The van der Waals surface area contributed by atoms with Crippen LogP contribution < -0.4 is 10.2 Å². The van der Waals surface area contributed by atoms with E-state index >= 15 is 0 Å². The first-order valence-electron chi connectivity index (χ1n) is 8.05. The average molecular weight is 350 g/mol. The molecular formula is C19H18N4O3. The van der Waals surface area contributed by atoms with Gasteiger partial charge in [-0.15, -0.1) is 0 Å². The van der Waals surface area contributed by atoms with Crippen LogP contribution in [0.5, 0.6) is 5.75 Å². The van der Waals surface area contributed by atoms with Crippen LogP contribution in [-0.2, 0) is 16.1 Å². The van der Waals surface area contributed by atoms with Crippen molar-refractivity contribution in [2.24, 2.45) is 5.10 Å². The summed E-state index contributed by atoms with van der Waals surface area (Å²) in [7, 11) is 0. The average Bonchev–Trinajstić information content (AvgIpc) is 3.03. The molecule has 0 bridgehead atoms. The molecule has 0 spiro atoms. The molecule has 1 amide bonds. The van der Waals surface area contributed by atoms with Crippen LogP contribution in [0, 0.1) is 0 Å². The summed E-state index contributed by atoms with van der Waals surface area (Å²) in [4.78, 5) is 27.3. The molecule has 1 N–H and O–H groups in total. The summed E-state index contributed by atoms with van der Waals surface area (Å²) < 4.78 is 6.75. The molecule has 1 aromatic heterocycles. The molecule has 7 heteroatoms. The summed E-state index contributed by atoms with van der Waals surface area (Å²) >= 11 is 0. The van der Waals surface area contributed by atoms with Crippen molar-refractivity contribution in [3.8, 4) is 5.75 Å². The number of para-hydroxylation sites is 2. The van der Waals surface area contributed by atoms with Gasteiger partial charge >= 0.3 is 5.97 Å². The van der Waals surface area contributed by atoms with Gasteiger partial charge < -0.3 is 9.30 Å². The highest BCUT2D eigenvalue weighted by Crippen LogP contribution is 2.13. The van der Waals surface area contributed by atoms with Crippen LogP contribution in [0.15, 0.2) is 60.0 Å². The summed E-state index contributed by atoms with van der Waals surface area (Å²) in [5.41, 5.74) is 5.74. The number of hydrogen-bond donors (Lipinski definition) is 1. The first-order chi connectivity index (χ1) is 12.5. The van der Waals surface area contributed by atoms with Crippen LogP contribution in [0.1, 0.15) is 19.4 Å². The number of hydrazone groups is 1. The number of carbonyl (C=O) groups is 2. The second-order valence-corrected chi connectivity index (χ2v) is 5.71. The molecule has 0 aliphatic rings. The van der Waals surface area contributed by atoms with E-state index in [1.807, 2.05) is 24.3 Å². The van der Waals surface area contributed by atoms with Crippen molar-refractivity contribution in [2.75, 3.05) is 0 Å². The monoisotopic (exact) mass is 350 g/mol. The predicted molar refractivity (Wildman–Crippen MR) is 97.8 cm³/mol. The fraction of sp³-hybridized carbons (Fsp3) is 0.158. The molecule has 26 heavy (non-hydrogen) atoms. The maximum Gasteiger partial charge on any atom is 0.308 e. The molecule has 2 aromatic carbocycles. The van der Waals surface area contributed by atoms with Crippen molar-refractivity contribution in [3.05, 3.63) is 60.4 Å². The number of carbonyl (C=O) groups excluding carboxylic acids is 2. The molecule has 0 saturated heterocycles. The third-order valence-electron chi connectivity index (χ3n) is 3.72. The lowest BCUT2D eigenvalue weighted by molar-refractivity contribution is -0.131. The molecule has 0 aliphatic carbocycles. The maximum atomic E-state index is 12.1. The van der Waals surface area contributed by atoms with E-state index in [0.717, 1.165) is 16.6 Å². The summed E-state index contributed by atoms with van der Waals surface area (Å²) in [5.74, 6) is -0.156. The molecule has 1 heterocycles. The van der Waals surface area contributed by atoms with E-state index in [-0.39, 0.29) is 18.4 Å². The number of nitrogens with zero attached hydrogens (tertiary/aromatic N) is 3. The summed E-state index contributed by atoms with van der Waals surface area (Å²) in [6, 6.07) is 14.5. The minimum Gasteiger partial charge on any atom is -0.427 e. The van der Waals surface area contributed by atoms with Gasteiger partial charge in [0.2, 0.25) is 0 Å². The molecule has 3 rings (SSSR count). The lowest BCUT2D eigenvalue weighted by Gasteiger charge is -2.06. The van der Waals surface area contributed by atoms with Gasteiger partial charge in [0.15, 0.2) is 0 Å². The van der Waals surface area contributed by atoms with Crippen LogP contribution in [0.25, 0.3) is 11.0 Å². The van der Waals surface area contributed by atoms with Crippen molar-refractivity contribution >= 4 is 28.6 Å². The van der Waals surface area contributed by atoms with Crippen molar-refractivity contribution in [1.82, 2.24) is 15.0 Å². The highest BCUT2D eigenvalue weighted by molar-refractivity contribution is 5.99. The summed E-state index contributed by atoms with van der Waals surface area (Å²) in [5, 5.41) is 4.12. The number of fused-ring (bicyclic) bond motifs is 1. The van der Waals surface area contributed by atoms with E-state index in [9.17, 15) is 9.59 Å². The van der Waals surface area contributed by atoms with Gasteiger partial charge in [0.05, 0.1) is 23.1 Å². The zero-order valence-corrected chi connectivity index (χ0v) is 14.5. The molecule has 0 atom stereocenters. The van der Waals surface area contributed by atoms with E-state index in [2.05, 4.69) is 15.5 Å². The second-order valence-electron chi connectivity index (χ2n) is 5.71. The van der Waals surface area contributed by atoms with Gasteiger partial charge in [0, 0.05) is 6.92 Å². The standard InChI is InChI=1S/C19H18N4O3/c1-13(15-7-9-16(10-8-15)26-14(2)24)21-22-19(25)11-23-12-20-17-5-3-4-6-18(17)23/h3-10,12H,11H2,1-2H3,(H,22,25)/b21-13+. The van der Waals surface area contributed by atoms with Crippen LogP contribution in [0.2, 0.25) is 0 Å². The number of hydrogen-bond acceptors (Lipinski definition) is 5. The van der Waals surface area contributed by atoms with E-state index in [4.69, 9.17) is 4.74 Å². The Kier molecular flexibility index (Phi) is 5.07. The molecule has 0 fully saturated rings. The summed E-state index contributed by atoms with van der Waals surface area (Å²) in [6.45, 7) is 3.26. The quantitative estimate of drug-likeness (QED) is 0.332. The number of esters is 1. The van der Waals surface area contributed by atoms with Gasteiger partial charge in [-0.1, -0.05) is 12.1 Å². The number of nitrogens with one attached hydrogen (secondary N) is 1. The third kappa shape index (κ3) is 4.13. The number of aromatic nitrogens is 2. The number of ether oxygens (including phenoxy) is 1. The Morgan fingerprint density at radius 3 is 2.58 bits per heavy atom.